The molecule has 3 aromatic heterocycles. The Labute approximate surface area is 697 Å². The van der Waals surface area contributed by atoms with E-state index in [-0.39, 0.29) is 30.6 Å². The summed E-state index contributed by atoms with van der Waals surface area (Å²) in [4.78, 5) is 71.2. The lowest BCUT2D eigenvalue weighted by atomic mass is 9.93. The number of aldehydes is 1. The second-order valence-corrected chi connectivity index (χ2v) is 34.3. The third-order valence-corrected chi connectivity index (χ3v) is 22.7. The molecule has 3 N–H and O–H groups in total. The number of fused-ring (bicyclic) bond motifs is 3. The number of amides is 2. The molecule has 0 radical (unpaired) electrons. The van der Waals surface area contributed by atoms with Crippen LogP contribution in [0.2, 0.25) is 0 Å². The fraction of sp³-hybridized carbons (Fsp3) is 0.452. The van der Waals surface area contributed by atoms with E-state index in [1.54, 1.807) is 28.4 Å². The zero-order valence-electron chi connectivity index (χ0n) is 70.1. The van der Waals surface area contributed by atoms with Crippen LogP contribution in [-0.4, -0.2) is 214 Å². The predicted octanol–water partition coefficient (Wildman–Crippen LogP) is 14.6. The van der Waals surface area contributed by atoms with E-state index in [1.165, 1.54) is 34.6 Å². The Hall–Kier alpha value is -10.8. The van der Waals surface area contributed by atoms with Crippen molar-refractivity contribution in [3.05, 3.63) is 198 Å². The van der Waals surface area contributed by atoms with E-state index in [2.05, 4.69) is 185 Å². The molecule has 616 valence electrons. The number of piperidine rings is 3. The van der Waals surface area contributed by atoms with E-state index < -0.39 is 11.2 Å². The lowest BCUT2D eigenvalue weighted by molar-refractivity contribution is 0.0230. The Kier molecular flexibility index (Phi) is 29.6. The summed E-state index contributed by atoms with van der Waals surface area (Å²) in [6.45, 7) is 35.9. The molecule has 0 bridgehead atoms. The van der Waals surface area contributed by atoms with Crippen LogP contribution in [0.15, 0.2) is 164 Å². The number of rotatable bonds is 13. The van der Waals surface area contributed by atoms with Crippen LogP contribution in [0.25, 0.3) is 32.7 Å². The Morgan fingerprint density at radius 3 is 1.13 bits per heavy atom. The van der Waals surface area contributed by atoms with Gasteiger partial charge in [-0.3, -0.25) is 29.5 Å². The van der Waals surface area contributed by atoms with E-state index in [1.807, 2.05) is 114 Å². The minimum absolute atomic E-state index is 0. The van der Waals surface area contributed by atoms with Gasteiger partial charge in [0.15, 0.2) is 0 Å². The van der Waals surface area contributed by atoms with Gasteiger partial charge in [-0.15, -0.1) is 12.4 Å². The van der Waals surface area contributed by atoms with Gasteiger partial charge in [0.25, 0.3) is 0 Å². The number of nitriles is 3. The molecule has 9 heterocycles. The van der Waals surface area contributed by atoms with E-state index in [9.17, 15) is 30.2 Å². The smallest absolute Gasteiger partial charge is 0.410 e. The highest BCUT2D eigenvalue weighted by atomic mass is 35.5. The molecule has 9 aromatic rings. The summed E-state index contributed by atoms with van der Waals surface area (Å²) >= 11 is 0. The van der Waals surface area contributed by atoms with Crippen LogP contribution in [0, 0.1) is 51.7 Å². The normalized spacial score (nSPS) is 19.8. The molecular weight excluding hydrogens is 1480 g/mol. The Morgan fingerprint density at radius 2 is 0.795 bits per heavy atom. The molecule has 15 rings (SSSR count). The van der Waals surface area contributed by atoms with Crippen molar-refractivity contribution in [2.75, 3.05) is 161 Å². The lowest BCUT2D eigenvalue weighted by Crippen LogP contribution is -2.50. The van der Waals surface area contributed by atoms with Gasteiger partial charge < -0.3 is 59.7 Å². The number of nitrogens with two attached hydrogens (primary N) is 1. The first-order valence-electron chi connectivity index (χ1n) is 41.2. The van der Waals surface area contributed by atoms with E-state index in [4.69, 9.17) is 15.2 Å². The van der Waals surface area contributed by atoms with Gasteiger partial charge in [0.2, 0.25) is 0 Å². The van der Waals surface area contributed by atoms with Crippen LogP contribution in [-0.2, 0) is 22.6 Å². The SMILES string of the molecule is CC(C)(C)OC(=O)N1CCN(c2ccc(C=O)cc2)CC1.C[C@H]1C[C@@H](N(C)Cc2ccc(N3CCN(C(=O)OC(C)(C)C)CC3)cc2)CN(c2ccc(C#N)c3ncccc23)C1.C[C@H]1C[C@@H](N(C)Cc2ccc(N3CCNCC3)cc2)CN(c2ccc(C#N)c3ncccc23)C1.C[C@H]1C[C@@H](N)CN(c2ccc(C#N)c3ncccc23)C1.Cl. The van der Waals surface area contributed by atoms with Crippen LogP contribution in [0.5, 0.6) is 0 Å². The highest BCUT2D eigenvalue weighted by molar-refractivity contribution is 5.97. The largest absolute Gasteiger partial charge is 0.444 e. The molecule has 24 heteroatoms. The van der Waals surface area contributed by atoms with Crippen molar-refractivity contribution in [1.29, 1.82) is 15.8 Å². The number of hydrogen-bond donors (Lipinski definition) is 2. The minimum atomic E-state index is -0.472. The molecule has 0 spiro atoms. The molecule has 6 aliphatic rings. The second-order valence-electron chi connectivity index (χ2n) is 34.3. The number of likely N-dealkylation sites (N-methyl/N-ethyl adjacent to an activating group) is 2. The topological polar surface area (TPSA) is 250 Å². The first-order valence-corrected chi connectivity index (χ1v) is 41.2. The number of piperazine rings is 3. The quantitative estimate of drug-likeness (QED) is 0.102. The Bertz CT molecular complexity index is 4930. The average molecular weight is 1600 g/mol. The number of carbonyl (C=O) groups is 3. The highest BCUT2D eigenvalue weighted by Gasteiger charge is 2.34. The highest BCUT2D eigenvalue weighted by Crippen LogP contribution is 2.37. The molecule has 117 heavy (non-hydrogen) atoms. The van der Waals surface area contributed by atoms with Crippen LogP contribution < -0.4 is 40.4 Å². The van der Waals surface area contributed by atoms with Crippen LogP contribution in [0.4, 0.5) is 43.7 Å². The first-order chi connectivity index (χ1) is 55.8. The molecule has 2 amide bonds. The van der Waals surface area contributed by atoms with Crippen molar-refractivity contribution < 1.29 is 23.9 Å². The summed E-state index contributed by atoms with van der Waals surface area (Å²) in [6.07, 6.45) is 9.05. The summed E-state index contributed by atoms with van der Waals surface area (Å²) < 4.78 is 10.9. The molecule has 0 aliphatic carbocycles. The van der Waals surface area contributed by atoms with Gasteiger partial charge in [0.1, 0.15) is 35.7 Å². The molecule has 6 atom stereocenters. The lowest BCUT2D eigenvalue weighted by Gasteiger charge is -2.42. The molecule has 6 fully saturated rings. The van der Waals surface area contributed by atoms with Crippen molar-refractivity contribution in [2.45, 2.75) is 124 Å². The Balaban J connectivity index is 0.000000159. The fourth-order valence-corrected chi connectivity index (χ4v) is 16.9. The van der Waals surface area contributed by atoms with Crippen LogP contribution in [0.3, 0.4) is 0 Å². The minimum Gasteiger partial charge on any atom is -0.444 e. The molecular formula is C93H117ClN18O5. The second kappa shape index (κ2) is 39.9. The number of benzene rings is 6. The van der Waals surface area contributed by atoms with Gasteiger partial charge in [0, 0.05) is 223 Å². The van der Waals surface area contributed by atoms with Crippen molar-refractivity contribution in [3.63, 3.8) is 0 Å². The number of carbonyl (C=O) groups excluding carboxylic acids is 3. The number of halogens is 1. The number of hydrogen-bond acceptors (Lipinski definition) is 21. The first kappa shape index (κ1) is 87.0. The molecule has 0 unspecified atom stereocenters. The number of nitrogens with one attached hydrogen (secondary N) is 1. The maximum atomic E-state index is 12.4. The number of aromatic nitrogens is 3. The summed E-state index contributed by atoms with van der Waals surface area (Å²) in [5.74, 6) is 1.74. The Morgan fingerprint density at radius 1 is 0.462 bits per heavy atom. The number of nitrogens with zero attached hydrogens (tertiary/aromatic N) is 16. The molecule has 6 aliphatic heterocycles. The molecule has 6 saturated heterocycles. The maximum absolute atomic E-state index is 12.4. The molecule has 23 nitrogen and oxygen atoms in total. The van der Waals surface area contributed by atoms with Crippen LogP contribution in [0.1, 0.15) is 120 Å². The fourth-order valence-electron chi connectivity index (χ4n) is 16.9. The third kappa shape index (κ3) is 22.9. The number of ether oxygens (including phenoxy) is 2. The number of pyridine rings is 3. The standard InChI is InChI=1S/C33H42N6O2.C28H34N6.C16H18N4.C16H22N2O3.ClH/c1-24-19-28(23-39(21-24)30-13-10-26(20-34)31-29(30)7-6-14-35-31)36(5)22-25-8-11-27(12-9-25)37-15-17-38(18-16-37)32(40)41-33(2,3)4;1-21-16-25(32(2)19-22-5-8-24(9-6-22)33-14-12-30-13-15-33)20-34(18-21)27-10-7-23(17-29)28-26(27)4-3-11-31-28;1-11-7-13(18)10-20(9-11)15-5-4-12(8-17)16-14(15)3-2-6-19-16;1-16(2,3)21-15(20)18-10-8-17(9-11-18)14-6-4-13(12-19)5-7-14;/h6-14,24,28H,15-19,21-23H2,1-5H3;3-11,21,25,30H,12-16,18-20H2,1-2H3;2-6,11,13H,7,9-10,18H2,1H3;4-7,12H,8-11H2,1-3H3;1H/t24-,28+;21-,25+;11-,13+;;/m000../s1. The van der Waals surface area contributed by atoms with Gasteiger partial charge in [-0.2, -0.15) is 15.8 Å². The maximum Gasteiger partial charge on any atom is 0.410 e. The van der Waals surface area contributed by atoms with E-state index in [0.29, 0.717) is 78.3 Å². The van der Waals surface area contributed by atoms with E-state index >= 15 is 0 Å². The van der Waals surface area contributed by atoms with Crippen molar-refractivity contribution in [3.8, 4) is 18.2 Å². The van der Waals surface area contributed by atoms with Gasteiger partial charge >= 0.3 is 12.2 Å². The number of anilines is 6. The zero-order chi connectivity index (χ0) is 82.2. The van der Waals surface area contributed by atoms with E-state index in [0.717, 1.165) is 174 Å². The summed E-state index contributed by atoms with van der Waals surface area (Å²) in [6, 6.07) is 57.3. The zero-order valence-corrected chi connectivity index (χ0v) is 70.9. The third-order valence-electron chi connectivity index (χ3n) is 22.7. The molecule has 0 saturated carbocycles. The van der Waals surface area contributed by atoms with Gasteiger partial charge in [-0.25, -0.2) is 9.59 Å². The summed E-state index contributed by atoms with van der Waals surface area (Å²) in [5.41, 5.74) is 19.9. The van der Waals surface area contributed by atoms with Crippen molar-refractivity contribution >= 4 is 97.7 Å². The van der Waals surface area contributed by atoms with Gasteiger partial charge in [-0.05, 0) is 225 Å². The van der Waals surface area contributed by atoms with Crippen molar-refractivity contribution in [2.24, 2.45) is 23.5 Å². The van der Waals surface area contributed by atoms with Crippen molar-refractivity contribution in [1.82, 2.24) is 39.9 Å². The summed E-state index contributed by atoms with van der Waals surface area (Å²) in [7, 11) is 4.48. The molecule has 6 aromatic carbocycles. The monoisotopic (exact) mass is 1600 g/mol. The van der Waals surface area contributed by atoms with Crippen LogP contribution >= 0.6 is 12.4 Å². The predicted molar refractivity (Wildman–Crippen MR) is 473 cm³/mol. The van der Waals surface area contributed by atoms with Gasteiger partial charge in [0.05, 0.1) is 33.2 Å². The summed E-state index contributed by atoms with van der Waals surface area (Å²) in [5, 5.41) is 34.8. The van der Waals surface area contributed by atoms with Gasteiger partial charge in [-0.1, -0.05) is 45.0 Å². The average Bonchev–Trinajstić information content (AvgIpc) is 0.787.